The van der Waals surface area contributed by atoms with Crippen molar-refractivity contribution in [1.82, 2.24) is 25.1 Å². The van der Waals surface area contributed by atoms with Crippen LogP contribution in [0.5, 0.6) is 0 Å². The SMILES string of the molecule is Cc1cc(NC(=O)C(=O)NCc2ccc(Cl)cc2)n(-c2nc(C(C)C)cc(=O)[nH]2)n1. The van der Waals surface area contributed by atoms with Crippen LogP contribution in [0, 0.1) is 6.92 Å². The summed E-state index contributed by atoms with van der Waals surface area (Å²) >= 11 is 5.83. The molecule has 0 aliphatic carbocycles. The smallest absolute Gasteiger partial charge is 0.314 e. The van der Waals surface area contributed by atoms with Crippen molar-refractivity contribution in [2.24, 2.45) is 0 Å². The van der Waals surface area contributed by atoms with Crippen molar-refractivity contribution in [3.63, 3.8) is 0 Å². The van der Waals surface area contributed by atoms with Gasteiger partial charge in [-0.15, -0.1) is 0 Å². The van der Waals surface area contributed by atoms with Gasteiger partial charge < -0.3 is 10.6 Å². The number of H-pyrrole nitrogens is 1. The second-order valence-electron chi connectivity index (χ2n) is 6.99. The highest BCUT2D eigenvalue weighted by Gasteiger charge is 2.18. The average Bonchev–Trinajstić information content (AvgIpc) is 3.06. The number of hydrogen-bond donors (Lipinski definition) is 3. The lowest BCUT2D eigenvalue weighted by atomic mass is 10.1. The number of nitrogens with zero attached hydrogens (tertiary/aromatic N) is 3. The van der Waals surface area contributed by atoms with E-state index in [1.807, 2.05) is 13.8 Å². The van der Waals surface area contributed by atoms with Gasteiger partial charge in [0.05, 0.1) is 11.4 Å². The third-order valence-corrected chi connectivity index (χ3v) is 4.44. The first-order valence-electron chi connectivity index (χ1n) is 9.25. The highest BCUT2D eigenvalue weighted by molar-refractivity contribution is 6.39. The second kappa shape index (κ2) is 8.91. The highest BCUT2D eigenvalue weighted by Crippen LogP contribution is 2.16. The topological polar surface area (TPSA) is 122 Å². The van der Waals surface area contributed by atoms with Crippen LogP contribution in [0.1, 0.15) is 36.7 Å². The molecule has 0 fully saturated rings. The molecule has 1 aromatic carbocycles. The summed E-state index contributed by atoms with van der Waals surface area (Å²) in [6.07, 6.45) is 0. The minimum Gasteiger partial charge on any atom is -0.344 e. The molecule has 0 unspecified atom stereocenters. The van der Waals surface area contributed by atoms with Crippen LogP contribution in [0.2, 0.25) is 5.02 Å². The minimum absolute atomic E-state index is 0.0272. The molecule has 0 aliphatic heterocycles. The number of aromatic amines is 1. The van der Waals surface area contributed by atoms with E-state index in [4.69, 9.17) is 11.6 Å². The molecule has 9 nitrogen and oxygen atoms in total. The number of nitrogens with one attached hydrogen (secondary N) is 3. The van der Waals surface area contributed by atoms with Crippen molar-refractivity contribution in [3.05, 3.63) is 68.7 Å². The predicted molar refractivity (Wildman–Crippen MR) is 113 cm³/mol. The van der Waals surface area contributed by atoms with E-state index in [2.05, 4.69) is 25.7 Å². The molecule has 30 heavy (non-hydrogen) atoms. The molecule has 2 aromatic heterocycles. The van der Waals surface area contributed by atoms with Gasteiger partial charge in [-0.3, -0.25) is 19.4 Å². The molecule has 0 saturated carbocycles. The summed E-state index contributed by atoms with van der Waals surface area (Å²) < 4.78 is 1.28. The Morgan fingerprint density at radius 1 is 1.17 bits per heavy atom. The maximum atomic E-state index is 12.3. The van der Waals surface area contributed by atoms with E-state index in [0.717, 1.165) is 5.56 Å². The number of hydrogen-bond acceptors (Lipinski definition) is 5. The summed E-state index contributed by atoms with van der Waals surface area (Å²) in [5, 5.41) is 9.89. The maximum absolute atomic E-state index is 12.3. The van der Waals surface area contributed by atoms with Gasteiger partial charge in [-0.25, -0.2) is 4.98 Å². The van der Waals surface area contributed by atoms with Crippen molar-refractivity contribution in [1.29, 1.82) is 0 Å². The third-order valence-electron chi connectivity index (χ3n) is 4.19. The molecule has 156 valence electrons. The van der Waals surface area contributed by atoms with Gasteiger partial charge in [0, 0.05) is 23.7 Å². The van der Waals surface area contributed by atoms with Crippen molar-refractivity contribution in [2.45, 2.75) is 33.2 Å². The molecule has 2 heterocycles. The van der Waals surface area contributed by atoms with Crippen LogP contribution >= 0.6 is 11.6 Å². The molecule has 3 N–H and O–H groups in total. The molecular weight excluding hydrogens is 408 g/mol. The van der Waals surface area contributed by atoms with E-state index in [1.54, 1.807) is 37.3 Å². The Bertz CT molecular complexity index is 1130. The number of carbonyl (C=O) groups is 2. The van der Waals surface area contributed by atoms with Crippen molar-refractivity contribution < 1.29 is 9.59 Å². The summed E-state index contributed by atoms with van der Waals surface area (Å²) in [6.45, 7) is 5.71. The van der Waals surface area contributed by atoms with Gasteiger partial charge in [-0.05, 0) is 30.5 Å². The van der Waals surface area contributed by atoms with Crippen LogP contribution in [0.4, 0.5) is 5.82 Å². The minimum atomic E-state index is -0.868. The largest absolute Gasteiger partial charge is 0.344 e. The second-order valence-corrected chi connectivity index (χ2v) is 7.43. The van der Waals surface area contributed by atoms with Gasteiger partial charge in [0.25, 0.3) is 5.56 Å². The number of benzene rings is 1. The quantitative estimate of drug-likeness (QED) is 0.538. The van der Waals surface area contributed by atoms with E-state index < -0.39 is 11.8 Å². The lowest BCUT2D eigenvalue weighted by Crippen LogP contribution is -2.35. The summed E-state index contributed by atoms with van der Waals surface area (Å²) in [5.41, 5.74) is 1.62. The zero-order valence-electron chi connectivity index (χ0n) is 16.7. The number of amides is 2. The normalized spacial score (nSPS) is 10.8. The Labute approximate surface area is 177 Å². The van der Waals surface area contributed by atoms with Gasteiger partial charge in [-0.2, -0.15) is 9.78 Å². The number of halogens is 1. The van der Waals surface area contributed by atoms with Gasteiger partial charge in [-0.1, -0.05) is 37.6 Å². The third kappa shape index (κ3) is 5.12. The first kappa shape index (κ1) is 21.3. The number of anilines is 1. The molecular formula is C20H21ClN6O3. The molecule has 0 atom stereocenters. The Morgan fingerprint density at radius 2 is 1.87 bits per heavy atom. The lowest BCUT2D eigenvalue weighted by Gasteiger charge is -2.10. The van der Waals surface area contributed by atoms with Crippen molar-refractivity contribution in [3.8, 4) is 5.95 Å². The monoisotopic (exact) mass is 428 g/mol. The fourth-order valence-corrected chi connectivity index (χ4v) is 2.77. The molecule has 0 radical (unpaired) electrons. The molecule has 0 aliphatic rings. The zero-order chi connectivity index (χ0) is 21.8. The van der Waals surface area contributed by atoms with Crippen molar-refractivity contribution in [2.75, 3.05) is 5.32 Å². The van der Waals surface area contributed by atoms with Gasteiger partial charge in [0.15, 0.2) is 0 Å². The first-order chi connectivity index (χ1) is 14.2. The van der Waals surface area contributed by atoms with Crippen LogP contribution in [0.3, 0.4) is 0 Å². The van der Waals surface area contributed by atoms with E-state index in [0.29, 0.717) is 16.4 Å². The zero-order valence-corrected chi connectivity index (χ0v) is 17.4. The van der Waals surface area contributed by atoms with Gasteiger partial charge in [0.1, 0.15) is 5.82 Å². The van der Waals surface area contributed by atoms with E-state index in [1.165, 1.54) is 10.7 Å². The number of rotatable bonds is 5. The molecule has 3 aromatic rings. The Morgan fingerprint density at radius 3 is 2.53 bits per heavy atom. The fraction of sp³-hybridized carbons (Fsp3) is 0.250. The van der Waals surface area contributed by atoms with Crippen molar-refractivity contribution >= 4 is 29.2 Å². The predicted octanol–water partition coefficient (Wildman–Crippen LogP) is 2.30. The van der Waals surface area contributed by atoms with Crippen LogP contribution in [0.25, 0.3) is 5.95 Å². The summed E-state index contributed by atoms with van der Waals surface area (Å²) in [6, 6.07) is 9.89. The molecule has 0 spiro atoms. The number of aromatic nitrogens is 4. The summed E-state index contributed by atoms with van der Waals surface area (Å²) in [4.78, 5) is 43.5. The summed E-state index contributed by atoms with van der Waals surface area (Å²) in [7, 11) is 0. The van der Waals surface area contributed by atoms with E-state index in [9.17, 15) is 14.4 Å². The van der Waals surface area contributed by atoms with E-state index >= 15 is 0 Å². The standard InChI is InChI=1S/C20H21ClN6O3/c1-11(2)15-9-17(28)25-20(23-15)27-16(8-12(3)26-27)24-19(30)18(29)22-10-13-4-6-14(21)7-5-13/h4-9,11H,10H2,1-3H3,(H,22,29)(H,24,30)(H,23,25,28). The lowest BCUT2D eigenvalue weighted by molar-refractivity contribution is -0.136. The fourth-order valence-electron chi connectivity index (χ4n) is 2.65. The van der Waals surface area contributed by atoms with Crippen LogP contribution in [-0.4, -0.2) is 31.6 Å². The molecule has 3 rings (SSSR count). The average molecular weight is 429 g/mol. The van der Waals surface area contributed by atoms with E-state index in [-0.39, 0.29) is 29.8 Å². The Hall–Kier alpha value is -3.46. The van der Waals surface area contributed by atoms with Crippen LogP contribution in [-0.2, 0) is 16.1 Å². The molecule has 2 amide bonds. The Balaban J connectivity index is 1.76. The van der Waals surface area contributed by atoms with Gasteiger partial charge >= 0.3 is 11.8 Å². The first-order valence-corrected chi connectivity index (χ1v) is 9.62. The van der Waals surface area contributed by atoms with Gasteiger partial charge in [0.2, 0.25) is 5.95 Å². The number of aryl methyl sites for hydroxylation is 1. The molecule has 0 bridgehead atoms. The molecule has 0 saturated heterocycles. The van der Waals surface area contributed by atoms with Crippen LogP contribution in [0.15, 0.2) is 41.2 Å². The molecule has 10 heteroatoms. The summed E-state index contributed by atoms with van der Waals surface area (Å²) in [5.74, 6) is -1.29. The maximum Gasteiger partial charge on any atom is 0.314 e. The Kier molecular flexibility index (Phi) is 6.31. The van der Waals surface area contributed by atoms with Crippen LogP contribution < -0.4 is 16.2 Å². The highest BCUT2D eigenvalue weighted by atomic mass is 35.5. The number of carbonyl (C=O) groups excluding carboxylic acids is 2.